The molecule has 0 aliphatic rings. The van der Waals surface area contributed by atoms with E-state index in [-0.39, 0.29) is 0 Å². The van der Waals surface area contributed by atoms with Gasteiger partial charge in [0.2, 0.25) is 0 Å². The Balaban J connectivity index is 1.81. The van der Waals surface area contributed by atoms with Crippen molar-refractivity contribution in [1.82, 2.24) is 14.9 Å². The van der Waals surface area contributed by atoms with Gasteiger partial charge in [0, 0.05) is 25.0 Å². The maximum Gasteiger partial charge on any atom is 0.122 e. The molecule has 2 rings (SSSR count). The minimum Gasteiger partial charge on any atom is -0.334 e. The van der Waals surface area contributed by atoms with E-state index in [0.717, 1.165) is 31.8 Å². The molecule has 3 heteroatoms. The van der Waals surface area contributed by atoms with Crippen LogP contribution in [0.1, 0.15) is 31.7 Å². The number of hydrogen-bond acceptors (Lipinski definition) is 2. The van der Waals surface area contributed by atoms with E-state index in [2.05, 4.69) is 65.2 Å². The molecule has 0 radical (unpaired) electrons. The summed E-state index contributed by atoms with van der Waals surface area (Å²) in [4.78, 5) is 4.41. The molecule has 1 heterocycles. The summed E-state index contributed by atoms with van der Waals surface area (Å²) in [5.74, 6) is 1.13. The van der Waals surface area contributed by atoms with Crippen molar-refractivity contribution < 1.29 is 0 Å². The van der Waals surface area contributed by atoms with Gasteiger partial charge in [0.05, 0.1) is 6.54 Å². The van der Waals surface area contributed by atoms with Crippen molar-refractivity contribution in [3.63, 3.8) is 0 Å². The minimum atomic E-state index is 0.495. The van der Waals surface area contributed by atoms with Crippen LogP contribution in [0.4, 0.5) is 0 Å². The number of benzene rings is 1. The fourth-order valence-electron chi connectivity index (χ4n) is 2.10. The van der Waals surface area contributed by atoms with Gasteiger partial charge in [-0.2, -0.15) is 0 Å². The van der Waals surface area contributed by atoms with Gasteiger partial charge >= 0.3 is 0 Å². The zero-order chi connectivity index (χ0) is 13.5. The number of hydrogen-bond donors (Lipinski definition) is 1. The van der Waals surface area contributed by atoms with Gasteiger partial charge in [-0.05, 0) is 18.4 Å². The van der Waals surface area contributed by atoms with Crippen molar-refractivity contribution in [2.45, 2.75) is 45.8 Å². The highest BCUT2D eigenvalue weighted by atomic mass is 15.1. The predicted molar refractivity (Wildman–Crippen MR) is 79.0 cm³/mol. The predicted octanol–water partition coefficient (Wildman–Crippen LogP) is 3.01. The molecule has 0 aliphatic heterocycles. The van der Waals surface area contributed by atoms with Crippen LogP contribution in [0.25, 0.3) is 0 Å². The molecular formula is C16H23N3. The monoisotopic (exact) mass is 257 g/mol. The van der Waals surface area contributed by atoms with Crippen LogP contribution in [-0.2, 0) is 19.5 Å². The molecule has 0 saturated heterocycles. The zero-order valence-corrected chi connectivity index (χ0v) is 11.8. The van der Waals surface area contributed by atoms with Gasteiger partial charge in [0.1, 0.15) is 5.82 Å². The first-order valence-electron chi connectivity index (χ1n) is 7.03. The second-order valence-electron chi connectivity index (χ2n) is 5.16. The minimum absolute atomic E-state index is 0.495. The van der Waals surface area contributed by atoms with E-state index in [1.165, 1.54) is 5.56 Å². The molecule has 1 N–H and O–H groups in total. The molecule has 3 nitrogen and oxygen atoms in total. The van der Waals surface area contributed by atoms with Gasteiger partial charge in [-0.15, -0.1) is 0 Å². The molecule has 0 bridgehead atoms. The third kappa shape index (κ3) is 4.52. The van der Waals surface area contributed by atoms with Crippen LogP contribution in [0, 0.1) is 0 Å². The Morgan fingerprint density at radius 2 is 2.00 bits per heavy atom. The lowest BCUT2D eigenvalue weighted by atomic mass is 10.1. The van der Waals surface area contributed by atoms with E-state index in [0.29, 0.717) is 6.04 Å². The van der Waals surface area contributed by atoms with Crippen LogP contribution in [0.3, 0.4) is 0 Å². The summed E-state index contributed by atoms with van der Waals surface area (Å²) in [7, 11) is 0. The van der Waals surface area contributed by atoms with Crippen LogP contribution >= 0.6 is 0 Å². The zero-order valence-electron chi connectivity index (χ0n) is 11.8. The first-order chi connectivity index (χ1) is 9.25. The maximum absolute atomic E-state index is 4.41. The molecule has 2 aromatic rings. The fourth-order valence-corrected chi connectivity index (χ4v) is 2.10. The van der Waals surface area contributed by atoms with E-state index in [9.17, 15) is 0 Å². The Morgan fingerprint density at radius 1 is 1.21 bits per heavy atom. The molecule has 0 saturated carbocycles. The normalized spacial score (nSPS) is 11.1. The maximum atomic E-state index is 4.41. The molecule has 0 atom stereocenters. The van der Waals surface area contributed by atoms with E-state index in [1.807, 2.05) is 6.20 Å². The number of aryl methyl sites for hydroxylation is 2. The number of imidazole rings is 1. The van der Waals surface area contributed by atoms with E-state index in [4.69, 9.17) is 0 Å². The molecule has 0 unspecified atom stereocenters. The largest absolute Gasteiger partial charge is 0.334 e. The van der Waals surface area contributed by atoms with Crippen molar-refractivity contribution >= 4 is 0 Å². The highest BCUT2D eigenvalue weighted by molar-refractivity contribution is 5.14. The number of nitrogens with one attached hydrogen (secondary N) is 1. The lowest BCUT2D eigenvalue weighted by Crippen LogP contribution is -2.24. The van der Waals surface area contributed by atoms with E-state index in [1.54, 1.807) is 0 Å². The average molecular weight is 257 g/mol. The van der Waals surface area contributed by atoms with Crippen molar-refractivity contribution in [2.75, 3.05) is 0 Å². The quantitative estimate of drug-likeness (QED) is 0.826. The van der Waals surface area contributed by atoms with Crippen LogP contribution in [0.2, 0.25) is 0 Å². The number of nitrogens with zero attached hydrogens (tertiary/aromatic N) is 2. The molecule has 0 fully saturated rings. The molecule has 102 valence electrons. The van der Waals surface area contributed by atoms with Gasteiger partial charge in [-0.1, -0.05) is 44.2 Å². The lowest BCUT2D eigenvalue weighted by molar-refractivity contribution is 0.536. The second kappa shape index (κ2) is 7.10. The fraction of sp³-hybridized carbons (Fsp3) is 0.438. The molecule has 0 spiro atoms. The van der Waals surface area contributed by atoms with Gasteiger partial charge in [0.15, 0.2) is 0 Å². The lowest BCUT2D eigenvalue weighted by Gasteiger charge is -2.10. The van der Waals surface area contributed by atoms with Crippen LogP contribution in [0.15, 0.2) is 42.7 Å². The van der Waals surface area contributed by atoms with Crippen LogP contribution in [0.5, 0.6) is 0 Å². The topological polar surface area (TPSA) is 29.9 Å². The highest BCUT2D eigenvalue weighted by Crippen LogP contribution is 2.06. The van der Waals surface area contributed by atoms with Crippen molar-refractivity contribution in [3.8, 4) is 0 Å². The first kappa shape index (κ1) is 13.8. The van der Waals surface area contributed by atoms with Crippen LogP contribution in [-0.4, -0.2) is 15.6 Å². The summed E-state index contributed by atoms with van der Waals surface area (Å²) in [6.07, 6.45) is 6.23. The Kier molecular flexibility index (Phi) is 5.16. The first-order valence-corrected chi connectivity index (χ1v) is 7.03. The number of rotatable bonds is 7. The van der Waals surface area contributed by atoms with Gasteiger partial charge in [-0.3, -0.25) is 0 Å². The molecule has 19 heavy (non-hydrogen) atoms. The smallest absolute Gasteiger partial charge is 0.122 e. The van der Waals surface area contributed by atoms with Crippen molar-refractivity contribution in [2.24, 2.45) is 0 Å². The Morgan fingerprint density at radius 3 is 2.74 bits per heavy atom. The summed E-state index contributed by atoms with van der Waals surface area (Å²) in [6.45, 7) is 6.19. The highest BCUT2D eigenvalue weighted by Gasteiger charge is 2.03. The van der Waals surface area contributed by atoms with Gasteiger partial charge in [-0.25, -0.2) is 4.98 Å². The molecule has 1 aromatic heterocycles. The van der Waals surface area contributed by atoms with E-state index < -0.39 is 0 Å². The molecular weight excluding hydrogens is 234 g/mol. The molecule has 1 aromatic carbocycles. The Bertz CT molecular complexity index is 474. The third-order valence-corrected chi connectivity index (χ3v) is 3.18. The van der Waals surface area contributed by atoms with Crippen molar-refractivity contribution in [3.05, 3.63) is 54.1 Å². The second-order valence-corrected chi connectivity index (χ2v) is 5.16. The Labute approximate surface area is 115 Å². The summed E-state index contributed by atoms with van der Waals surface area (Å²) in [6, 6.07) is 11.1. The summed E-state index contributed by atoms with van der Waals surface area (Å²) in [5.41, 5.74) is 1.41. The summed E-state index contributed by atoms with van der Waals surface area (Å²) >= 11 is 0. The standard InChI is InChI=1S/C16H23N3/c1-14(2)18-13-16-17-10-12-19(16)11-6-9-15-7-4-3-5-8-15/h3-5,7-8,10,12,14,18H,6,9,11,13H2,1-2H3. The summed E-state index contributed by atoms with van der Waals surface area (Å²) < 4.78 is 2.25. The molecule has 0 amide bonds. The number of aromatic nitrogens is 2. The summed E-state index contributed by atoms with van der Waals surface area (Å²) in [5, 5.41) is 3.41. The third-order valence-electron chi connectivity index (χ3n) is 3.18. The van der Waals surface area contributed by atoms with E-state index >= 15 is 0 Å². The van der Waals surface area contributed by atoms with Gasteiger partial charge in [0.25, 0.3) is 0 Å². The van der Waals surface area contributed by atoms with Crippen molar-refractivity contribution in [1.29, 1.82) is 0 Å². The Hall–Kier alpha value is -1.61. The van der Waals surface area contributed by atoms with Gasteiger partial charge < -0.3 is 9.88 Å². The molecule has 0 aliphatic carbocycles. The SMILES string of the molecule is CC(C)NCc1nccn1CCCc1ccccc1. The van der Waals surface area contributed by atoms with Crippen LogP contribution < -0.4 is 5.32 Å². The average Bonchev–Trinajstić information content (AvgIpc) is 2.85.